The highest BCUT2D eigenvalue weighted by molar-refractivity contribution is 9.10. The number of rotatable bonds is 5. The number of amides is 1. The van der Waals surface area contributed by atoms with Gasteiger partial charge in [-0.25, -0.2) is 0 Å². The van der Waals surface area contributed by atoms with Gasteiger partial charge in [-0.1, -0.05) is 34.6 Å². The van der Waals surface area contributed by atoms with Crippen molar-refractivity contribution in [3.63, 3.8) is 0 Å². The van der Waals surface area contributed by atoms with E-state index in [-0.39, 0.29) is 30.0 Å². The van der Waals surface area contributed by atoms with Crippen LogP contribution in [0.25, 0.3) is 0 Å². The molecule has 5 fully saturated rings. The average Bonchev–Trinajstić information content (AvgIpc) is 3.04. The zero-order valence-electron chi connectivity index (χ0n) is 18.4. The van der Waals surface area contributed by atoms with Crippen molar-refractivity contribution in [2.75, 3.05) is 17.2 Å². The number of thioether (sulfide) groups is 1. The van der Waals surface area contributed by atoms with Crippen LogP contribution in [0, 0.1) is 17.8 Å². The Kier molecular flexibility index (Phi) is 7.00. The third-order valence-corrected chi connectivity index (χ3v) is 9.09. The molecule has 1 heterocycles. The minimum Gasteiger partial charge on any atom is -0.330 e. The fourth-order valence-corrected chi connectivity index (χ4v) is 8.34. The first-order chi connectivity index (χ1) is 14.5. The highest BCUT2D eigenvalue weighted by atomic mass is 79.9. The molecule has 1 aromatic rings. The highest BCUT2D eigenvalue weighted by Crippen LogP contribution is 2.57. The summed E-state index contributed by atoms with van der Waals surface area (Å²) in [5.74, 6) is 3.69. The van der Waals surface area contributed by atoms with Gasteiger partial charge in [0.2, 0.25) is 5.91 Å². The van der Waals surface area contributed by atoms with Gasteiger partial charge in [0.25, 0.3) is 0 Å². The lowest BCUT2D eigenvalue weighted by atomic mass is 9.53. The summed E-state index contributed by atoms with van der Waals surface area (Å²) in [7, 11) is 0. The number of amidine groups is 1. The topological polar surface area (TPSA) is 35.9 Å². The second-order valence-corrected chi connectivity index (χ2v) is 11.8. The molecule has 7 heteroatoms. The van der Waals surface area contributed by atoms with Crippen molar-refractivity contribution in [1.82, 2.24) is 4.90 Å². The smallest absolute Gasteiger partial charge is 0.225 e. The first-order valence-corrected chi connectivity index (χ1v) is 13.3. The van der Waals surface area contributed by atoms with Gasteiger partial charge in [-0.2, -0.15) is 0 Å². The molecule has 4 aliphatic carbocycles. The van der Waals surface area contributed by atoms with Gasteiger partial charge < -0.3 is 4.90 Å². The van der Waals surface area contributed by atoms with Gasteiger partial charge in [-0.05, 0) is 87.0 Å². The summed E-state index contributed by atoms with van der Waals surface area (Å²) in [4.78, 5) is 22.6. The minimum absolute atomic E-state index is 0. The summed E-state index contributed by atoms with van der Waals surface area (Å²) in [5.41, 5.74) is 1.14. The van der Waals surface area contributed by atoms with Crippen LogP contribution in [-0.4, -0.2) is 40.0 Å². The largest absolute Gasteiger partial charge is 0.330 e. The molecule has 1 atom stereocenters. The zero-order valence-corrected chi connectivity index (χ0v) is 21.6. The molecule has 0 spiro atoms. The molecule has 170 valence electrons. The normalized spacial score (nSPS) is 34.8. The van der Waals surface area contributed by atoms with Gasteiger partial charge in [-0.15, -0.1) is 12.4 Å². The Morgan fingerprint density at radius 2 is 1.74 bits per heavy atom. The molecule has 0 aromatic heterocycles. The van der Waals surface area contributed by atoms with Gasteiger partial charge in [0, 0.05) is 29.4 Å². The van der Waals surface area contributed by atoms with E-state index >= 15 is 0 Å². The molecule has 1 amide bonds. The minimum atomic E-state index is 0. The van der Waals surface area contributed by atoms with Gasteiger partial charge in [-0.3, -0.25) is 14.7 Å². The Morgan fingerprint density at radius 1 is 1.16 bits per heavy atom. The summed E-state index contributed by atoms with van der Waals surface area (Å²) in [5, 5.41) is 1.19. The quantitative estimate of drug-likeness (QED) is 0.449. The van der Waals surface area contributed by atoms with Gasteiger partial charge in [0.05, 0.1) is 5.54 Å². The third-order valence-electron chi connectivity index (χ3n) is 7.51. The van der Waals surface area contributed by atoms with E-state index in [4.69, 9.17) is 4.99 Å². The second kappa shape index (κ2) is 9.26. The van der Waals surface area contributed by atoms with E-state index in [0.29, 0.717) is 0 Å². The summed E-state index contributed by atoms with van der Waals surface area (Å²) in [6.45, 7) is 4.86. The molecule has 1 unspecified atom stereocenters. The van der Waals surface area contributed by atoms with E-state index in [0.717, 1.165) is 46.6 Å². The molecule has 0 radical (unpaired) electrons. The standard InChI is InChI=1S/C24H32BrN3OS.ClH/c1-3-8-27-22(28(16(2)29)21-6-4-20(25)5-7-21)15-30-23(27)26-24-12-17-9-18(13-24)11-19(10-17)14-24;/h4-7,17-19,22H,3,8-15H2,1-2H3;1H. The molecule has 1 saturated heterocycles. The van der Waals surface area contributed by atoms with Gasteiger partial charge in [0.15, 0.2) is 5.17 Å². The molecular formula is C24H33BrClN3OS. The Labute approximate surface area is 205 Å². The second-order valence-electron chi connectivity index (χ2n) is 9.89. The number of carbonyl (C=O) groups is 1. The number of hydrogen-bond donors (Lipinski definition) is 0. The monoisotopic (exact) mass is 525 g/mol. The van der Waals surface area contributed by atoms with Crippen molar-refractivity contribution in [2.45, 2.75) is 70.5 Å². The molecule has 0 N–H and O–H groups in total. The first kappa shape index (κ1) is 23.4. The Hall–Kier alpha value is -0.720. The maximum absolute atomic E-state index is 12.7. The highest BCUT2D eigenvalue weighted by Gasteiger charge is 2.52. The number of hydrogen-bond acceptors (Lipinski definition) is 3. The van der Waals surface area contributed by atoms with Crippen LogP contribution in [0.2, 0.25) is 0 Å². The van der Waals surface area contributed by atoms with Crippen LogP contribution in [0.4, 0.5) is 5.69 Å². The summed E-state index contributed by atoms with van der Waals surface area (Å²) in [6, 6.07) is 8.10. The predicted octanol–water partition coefficient (Wildman–Crippen LogP) is 6.33. The van der Waals surface area contributed by atoms with Crippen LogP contribution in [0.3, 0.4) is 0 Å². The number of anilines is 1. The maximum atomic E-state index is 12.7. The van der Waals surface area contributed by atoms with E-state index in [9.17, 15) is 4.79 Å². The van der Waals surface area contributed by atoms with Crippen molar-refractivity contribution < 1.29 is 4.79 Å². The summed E-state index contributed by atoms with van der Waals surface area (Å²) >= 11 is 5.38. The van der Waals surface area contributed by atoms with Crippen molar-refractivity contribution in [3.05, 3.63) is 28.7 Å². The van der Waals surface area contributed by atoms with E-state index in [1.807, 2.05) is 40.9 Å². The van der Waals surface area contributed by atoms with Crippen LogP contribution in [0.15, 0.2) is 33.7 Å². The van der Waals surface area contributed by atoms with Crippen LogP contribution in [0.5, 0.6) is 0 Å². The van der Waals surface area contributed by atoms with E-state index in [1.165, 1.54) is 43.7 Å². The predicted molar refractivity (Wildman–Crippen MR) is 136 cm³/mol. The molecule has 31 heavy (non-hydrogen) atoms. The van der Waals surface area contributed by atoms with Gasteiger partial charge >= 0.3 is 0 Å². The fourth-order valence-electron chi connectivity index (χ4n) is 6.82. The van der Waals surface area contributed by atoms with E-state index in [2.05, 4.69) is 27.8 Å². The zero-order chi connectivity index (χ0) is 20.9. The lowest BCUT2D eigenvalue weighted by molar-refractivity contribution is -0.117. The molecule has 1 aromatic carbocycles. The summed E-state index contributed by atoms with van der Waals surface area (Å²) < 4.78 is 1.03. The summed E-state index contributed by atoms with van der Waals surface area (Å²) in [6.07, 6.45) is 9.30. The molecule has 1 aliphatic heterocycles. The number of benzene rings is 1. The Morgan fingerprint density at radius 3 is 2.26 bits per heavy atom. The third kappa shape index (κ3) is 4.54. The number of halogens is 2. The molecular weight excluding hydrogens is 494 g/mol. The van der Waals surface area contributed by atoms with Crippen molar-refractivity contribution in [2.24, 2.45) is 22.7 Å². The average molecular weight is 527 g/mol. The Balaban J connectivity index is 0.00000231. The lowest BCUT2D eigenvalue weighted by Crippen LogP contribution is -2.52. The molecule has 5 aliphatic rings. The molecule has 6 rings (SSSR count). The lowest BCUT2D eigenvalue weighted by Gasteiger charge is -2.55. The molecule has 4 bridgehead atoms. The molecule has 4 nitrogen and oxygen atoms in total. The first-order valence-electron chi connectivity index (χ1n) is 11.5. The van der Waals surface area contributed by atoms with Crippen molar-refractivity contribution >= 4 is 56.9 Å². The number of nitrogens with zero attached hydrogens (tertiary/aromatic N) is 3. The SMILES string of the molecule is CCCN1C(=NC23CC4CC(CC(C4)C2)C3)SCC1N(C(C)=O)c1ccc(Br)cc1.Cl. The maximum Gasteiger partial charge on any atom is 0.225 e. The number of aliphatic imine (C=N–C) groups is 1. The van der Waals surface area contributed by atoms with E-state index in [1.54, 1.807) is 6.92 Å². The fraction of sp³-hybridized carbons (Fsp3) is 0.667. The molecule has 4 saturated carbocycles. The van der Waals surface area contributed by atoms with Crippen molar-refractivity contribution in [3.8, 4) is 0 Å². The van der Waals surface area contributed by atoms with Crippen LogP contribution < -0.4 is 4.90 Å². The Bertz CT molecular complexity index is 810. The van der Waals surface area contributed by atoms with Crippen molar-refractivity contribution in [1.29, 1.82) is 0 Å². The van der Waals surface area contributed by atoms with Crippen LogP contribution >= 0.6 is 40.1 Å². The van der Waals surface area contributed by atoms with E-state index < -0.39 is 0 Å². The van der Waals surface area contributed by atoms with Crippen LogP contribution in [0.1, 0.15) is 58.8 Å². The number of carbonyl (C=O) groups excluding carboxylic acids is 1. The van der Waals surface area contributed by atoms with Crippen LogP contribution in [-0.2, 0) is 4.79 Å². The van der Waals surface area contributed by atoms with Gasteiger partial charge in [0.1, 0.15) is 6.17 Å².